The van der Waals surface area contributed by atoms with Gasteiger partial charge in [-0.05, 0) is 39.8 Å². The Morgan fingerprint density at radius 3 is 2.53 bits per heavy atom. The third kappa shape index (κ3) is 4.66. The van der Waals surface area contributed by atoms with Crippen molar-refractivity contribution < 1.29 is 4.74 Å². The lowest BCUT2D eigenvalue weighted by Crippen LogP contribution is -2.34. The maximum absolute atomic E-state index is 5.85. The van der Waals surface area contributed by atoms with Gasteiger partial charge in [-0.2, -0.15) is 0 Å². The lowest BCUT2D eigenvalue weighted by molar-refractivity contribution is 0.153. The molecule has 1 aliphatic rings. The van der Waals surface area contributed by atoms with Gasteiger partial charge in [-0.25, -0.2) is 4.98 Å². The molecule has 2 rings (SSSR count). The molecule has 0 bridgehead atoms. The first-order valence-corrected chi connectivity index (χ1v) is 5.43. The average molecular weight is 280 g/mol. The largest absolute Gasteiger partial charge is 0.473 e. The summed E-state index contributed by atoms with van der Waals surface area (Å²) in [4.78, 5) is 8.60. The van der Waals surface area contributed by atoms with E-state index in [2.05, 4.69) is 15.3 Å². The van der Waals surface area contributed by atoms with Crippen molar-refractivity contribution in [3.05, 3.63) is 17.6 Å². The molecule has 1 aromatic heterocycles. The average Bonchev–Trinajstić information content (AvgIpc) is 2.25. The van der Waals surface area contributed by atoms with Crippen molar-refractivity contribution in [2.45, 2.75) is 32.8 Å². The van der Waals surface area contributed by atoms with Crippen LogP contribution < -0.4 is 10.1 Å². The van der Waals surface area contributed by atoms with E-state index in [1.807, 2.05) is 13.8 Å². The molecule has 0 unspecified atom stereocenters. The van der Waals surface area contributed by atoms with E-state index in [1.165, 1.54) is 0 Å². The molecule has 0 spiro atoms. The third-order valence-electron chi connectivity index (χ3n) is 2.60. The van der Waals surface area contributed by atoms with Crippen LogP contribution in [0.1, 0.15) is 24.2 Å². The summed E-state index contributed by atoms with van der Waals surface area (Å²) in [6.07, 6.45) is 4.16. The highest BCUT2D eigenvalue weighted by Gasteiger charge is 2.16. The predicted octanol–water partition coefficient (Wildman–Crippen LogP) is 2.07. The van der Waals surface area contributed by atoms with Crippen LogP contribution in [0.3, 0.4) is 0 Å². The van der Waals surface area contributed by atoms with Crippen molar-refractivity contribution in [3.63, 3.8) is 0 Å². The SMILES string of the molecule is Cc1cnc(C)c(OC2CCNCC2)n1.Cl.Cl. The Bertz CT molecular complexity index is 343. The van der Waals surface area contributed by atoms with Gasteiger partial charge >= 0.3 is 0 Å². The van der Waals surface area contributed by atoms with Crippen LogP contribution in [-0.2, 0) is 0 Å². The summed E-state index contributed by atoms with van der Waals surface area (Å²) >= 11 is 0. The van der Waals surface area contributed by atoms with E-state index in [9.17, 15) is 0 Å². The molecular weight excluding hydrogens is 261 g/mol. The second kappa shape index (κ2) is 7.69. The molecule has 0 amide bonds. The fraction of sp³-hybridized carbons (Fsp3) is 0.636. The monoisotopic (exact) mass is 279 g/mol. The van der Waals surface area contributed by atoms with Gasteiger partial charge in [0.15, 0.2) is 0 Å². The van der Waals surface area contributed by atoms with Gasteiger partial charge in [-0.15, -0.1) is 24.8 Å². The minimum absolute atomic E-state index is 0. The first-order valence-electron chi connectivity index (χ1n) is 5.43. The van der Waals surface area contributed by atoms with Gasteiger partial charge in [-0.3, -0.25) is 4.98 Å². The first kappa shape index (κ1) is 16.4. The molecule has 1 N–H and O–H groups in total. The summed E-state index contributed by atoms with van der Waals surface area (Å²) in [6, 6.07) is 0. The molecule has 6 heteroatoms. The van der Waals surface area contributed by atoms with E-state index in [1.54, 1.807) is 6.20 Å². The van der Waals surface area contributed by atoms with Gasteiger partial charge in [0.05, 0.1) is 11.4 Å². The number of ether oxygens (including phenoxy) is 1. The predicted molar refractivity (Wildman–Crippen MR) is 72.5 cm³/mol. The zero-order valence-electron chi connectivity index (χ0n) is 10.1. The Morgan fingerprint density at radius 2 is 1.88 bits per heavy atom. The van der Waals surface area contributed by atoms with Crippen molar-refractivity contribution in [3.8, 4) is 5.88 Å². The van der Waals surface area contributed by atoms with Crippen molar-refractivity contribution >= 4 is 24.8 Å². The van der Waals surface area contributed by atoms with Gasteiger partial charge in [-0.1, -0.05) is 0 Å². The van der Waals surface area contributed by atoms with E-state index in [-0.39, 0.29) is 24.8 Å². The smallest absolute Gasteiger partial charge is 0.235 e. The fourth-order valence-corrected chi connectivity index (χ4v) is 1.70. The van der Waals surface area contributed by atoms with Crippen LogP contribution in [0, 0.1) is 13.8 Å². The highest BCUT2D eigenvalue weighted by molar-refractivity contribution is 5.85. The normalized spacial score (nSPS) is 15.6. The van der Waals surface area contributed by atoms with Crippen LogP contribution in [0.25, 0.3) is 0 Å². The van der Waals surface area contributed by atoms with E-state index < -0.39 is 0 Å². The molecule has 4 nitrogen and oxygen atoms in total. The second-order valence-electron chi connectivity index (χ2n) is 3.97. The van der Waals surface area contributed by atoms with E-state index in [4.69, 9.17) is 4.74 Å². The van der Waals surface area contributed by atoms with Crippen LogP contribution in [0.4, 0.5) is 0 Å². The number of aromatic nitrogens is 2. The van der Waals surface area contributed by atoms with Gasteiger partial charge in [0.2, 0.25) is 5.88 Å². The minimum Gasteiger partial charge on any atom is -0.473 e. The van der Waals surface area contributed by atoms with Gasteiger partial charge in [0.1, 0.15) is 6.10 Å². The molecule has 0 aliphatic carbocycles. The van der Waals surface area contributed by atoms with Crippen molar-refractivity contribution in [2.75, 3.05) is 13.1 Å². The maximum Gasteiger partial charge on any atom is 0.235 e. The van der Waals surface area contributed by atoms with Crippen molar-refractivity contribution in [1.82, 2.24) is 15.3 Å². The lowest BCUT2D eigenvalue weighted by atomic mass is 10.1. The zero-order valence-corrected chi connectivity index (χ0v) is 11.7. The summed E-state index contributed by atoms with van der Waals surface area (Å²) in [6.45, 7) is 5.93. The maximum atomic E-state index is 5.85. The van der Waals surface area contributed by atoms with Crippen LogP contribution in [0.5, 0.6) is 5.88 Å². The van der Waals surface area contributed by atoms with E-state index in [0.717, 1.165) is 37.3 Å². The molecule has 0 radical (unpaired) electrons. The van der Waals surface area contributed by atoms with Gasteiger partial charge in [0.25, 0.3) is 0 Å². The second-order valence-corrected chi connectivity index (χ2v) is 3.97. The summed E-state index contributed by atoms with van der Waals surface area (Å²) < 4.78 is 5.85. The highest BCUT2D eigenvalue weighted by Crippen LogP contribution is 2.17. The summed E-state index contributed by atoms with van der Waals surface area (Å²) in [7, 11) is 0. The number of nitrogens with zero attached hydrogens (tertiary/aromatic N) is 2. The molecule has 0 atom stereocenters. The van der Waals surface area contributed by atoms with Crippen molar-refractivity contribution in [1.29, 1.82) is 0 Å². The summed E-state index contributed by atoms with van der Waals surface area (Å²) in [5.41, 5.74) is 1.78. The fourth-order valence-electron chi connectivity index (χ4n) is 1.70. The molecule has 1 aromatic rings. The Labute approximate surface area is 114 Å². The van der Waals surface area contributed by atoms with Gasteiger partial charge < -0.3 is 10.1 Å². The Balaban J connectivity index is 0.00000128. The number of rotatable bonds is 2. The Morgan fingerprint density at radius 1 is 1.24 bits per heavy atom. The van der Waals surface area contributed by atoms with E-state index in [0.29, 0.717) is 12.0 Å². The third-order valence-corrected chi connectivity index (χ3v) is 2.60. The molecule has 17 heavy (non-hydrogen) atoms. The van der Waals surface area contributed by atoms with Crippen molar-refractivity contribution in [2.24, 2.45) is 0 Å². The van der Waals surface area contributed by atoms with Crippen LogP contribution in [0.15, 0.2) is 6.20 Å². The summed E-state index contributed by atoms with van der Waals surface area (Å²) in [5.74, 6) is 0.696. The molecule has 98 valence electrons. The minimum atomic E-state index is 0. The highest BCUT2D eigenvalue weighted by atomic mass is 35.5. The van der Waals surface area contributed by atoms with Crippen LogP contribution in [-0.4, -0.2) is 29.2 Å². The number of nitrogens with one attached hydrogen (secondary N) is 1. The Hall–Kier alpha value is -0.580. The standard InChI is InChI=1S/C11H17N3O.2ClH/c1-8-7-13-9(2)11(14-8)15-10-3-5-12-6-4-10;;/h7,10,12H,3-6H2,1-2H3;2*1H. The topological polar surface area (TPSA) is 47.0 Å². The molecule has 1 saturated heterocycles. The van der Waals surface area contributed by atoms with Crippen LogP contribution in [0.2, 0.25) is 0 Å². The molecule has 0 aromatic carbocycles. The number of aryl methyl sites for hydroxylation is 2. The molecule has 0 saturated carbocycles. The zero-order chi connectivity index (χ0) is 10.7. The quantitative estimate of drug-likeness (QED) is 0.901. The Kier molecular flexibility index (Phi) is 7.43. The number of hydrogen-bond acceptors (Lipinski definition) is 4. The van der Waals surface area contributed by atoms with Crippen LogP contribution >= 0.6 is 24.8 Å². The molecule has 1 fully saturated rings. The molecular formula is C11H19Cl2N3O. The number of piperidine rings is 1. The molecule has 1 aliphatic heterocycles. The van der Waals surface area contributed by atoms with E-state index >= 15 is 0 Å². The number of hydrogen-bond donors (Lipinski definition) is 1. The molecule has 2 heterocycles. The van der Waals surface area contributed by atoms with Gasteiger partial charge in [0, 0.05) is 6.20 Å². The first-order chi connectivity index (χ1) is 7.25. The number of halogens is 2. The summed E-state index contributed by atoms with van der Waals surface area (Å²) in [5, 5.41) is 3.31. The lowest BCUT2D eigenvalue weighted by Gasteiger charge is -2.23.